The lowest BCUT2D eigenvalue weighted by atomic mass is 10.2. The number of carbonyl (C=O) groups excluding carboxylic acids is 1. The average molecular weight is 266 g/mol. The van der Waals surface area contributed by atoms with E-state index >= 15 is 0 Å². The fraction of sp³-hybridized carbons (Fsp3) is 0.417. The van der Waals surface area contributed by atoms with Gasteiger partial charge in [-0.05, 0) is 30.5 Å². The summed E-state index contributed by atoms with van der Waals surface area (Å²) in [5, 5.41) is 5.36. The predicted molar refractivity (Wildman–Crippen MR) is 73.1 cm³/mol. The molecule has 17 heavy (non-hydrogen) atoms. The van der Waals surface area contributed by atoms with Crippen LogP contribution in [0.2, 0.25) is 0 Å². The molecule has 90 valence electrons. The van der Waals surface area contributed by atoms with Gasteiger partial charge in [0.2, 0.25) is 0 Å². The molecule has 3 heterocycles. The standard InChI is InChI=1S/C12H14N2OS2/c1-14(8-2-4-13-7-8)12(15)11-6-10-9(17-11)3-5-16-10/h3,5-6,8,13H,2,4,7H2,1H3. The summed E-state index contributed by atoms with van der Waals surface area (Å²) in [5.74, 6) is 0.159. The molecule has 3 rings (SSSR count). The van der Waals surface area contributed by atoms with Crippen molar-refractivity contribution in [2.45, 2.75) is 12.5 Å². The number of hydrogen-bond acceptors (Lipinski definition) is 4. The molecule has 1 fully saturated rings. The lowest BCUT2D eigenvalue weighted by molar-refractivity contribution is 0.0749. The summed E-state index contributed by atoms with van der Waals surface area (Å²) in [6.07, 6.45) is 1.06. The molecule has 0 aliphatic carbocycles. The SMILES string of the molecule is CN(C(=O)c1cc2sccc2s1)C1CCNC1. The highest BCUT2D eigenvalue weighted by atomic mass is 32.1. The van der Waals surface area contributed by atoms with E-state index in [4.69, 9.17) is 0 Å². The molecule has 0 spiro atoms. The van der Waals surface area contributed by atoms with Gasteiger partial charge in [-0.2, -0.15) is 0 Å². The zero-order chi connectivity index (χ0) is 11.8. The van der Waals surface area contributed by atoms with E-state index in [1.165, 1.54) is 9.40 Å². The Morgan fingerprint density at radius 1 is 1.53 bits per heavy atom. The molecule has 1 N–H and O–H groups in total. The van der Waals surface area contributed by atoms with Crippen LogP contribution in [0.25, 0.3) is 9.40 Å². The Morgan fingerprint density at radius 3 is 3.12 bits per heavy atom. The first-order valence-corrected chi connectivity index (χ1v) is 7.40. The highest BCUT2D eigenvalue weighted by molar-refractivity contribution is 7.27. The van der Waals surface area contributed by atoms with Crippen LogP contribution in [-0.2, 0) is 0 Å². The van der Waals surface area contributed by atoms with Gasteiger partial charge in [0.15, 0.2) is 0 Å². The van der Waals surface area contributed by atoms with E-state index in [0.29, 0.717) is 6.04 Å². The third kappa shape index (κ3) is 1.99. The molecular weight excluding hydrogens is 252 g/mol. The zero-order valence-electron chi connectivity index (χ0n) is 9.60. The summed E-state index contributed by atoms with van der Waals surface area (Å²) in [5.41, 5.74) is 0. The van der Waals surface area contributed by atoms with Crippen molar-refractivity contribution in [1.82, 2.24) is 10.2 Å². The van der Waals surface area contributed by atoms with Gasteiger partial charge >= 0.3 is 0 Å². The number of thiophene rings is 2. The Hall–Kier alpha value is -0.910. The number of likely N-dealkylation sites (N-methyl/N-ethyl adjacent to an activating group) is 1. The van der Waals surface area contributed by atoms with Gasteiger partial charge in [-0.15, -0.1) is 22.7 Å². The predicted octanol–water partition coefficient (Wildman–Crippen LogP) is 2.40. The largest absolute Gasteiger partial charge is 0.337 e. The molecular formula is C12H14N2OS2. The molecule has 0 aromatic carbocycles. The van der Waals surface area contributed by atoms with Crippen LogP contribution in [0.5, 0.6) is 0 Å². The maximum absolute atomic E-state index is 12.3. The molecule has 2 aromatic rings. The van der Waals surface area contributed by atoms with Crippen LogP contribution < -0.4 is 5.32 Å². The average Bonchev–Trinajstić information content (AvgIpc) is 3.01. The second-order valence-corrected chi connectivity index (χ2v) is 6.35. The minimum Gasteiger partial charge on any atom is -0.337 e. The number of hydrogen-bond donors (Lipinski definition) is 1. The van der Waals surface area contributed by atoms with Crippen molar-refractivity contribution in [3.05, 3.63) is 22.4 Å². The molecule has 3 nitrogen and oxygen atoms in total. The van der Waals surface area contributed by atoms with Crippen molar-refractivity contribution < 1.29 is 4.79 Å². The molecule has 5 heteroatoms. The number of nitrogens with zero attached hydrogens (tertiary/aromatic N) is 1. The van der Waals surface area contributed by atoms with Crippen molar-refractivity contribution in [2.75, 3.05) is 20.1 Å². The molecule has 1 saturated heterocycles. The van der Waals surface area contributed by atoms with Gasteiger partial charge in [-0.25, -0.2) is 0 Å². The van der Waals surface area contributed by atoms with E-state index in [1.54, 1.807) is 22.7 Å². The quantitative estimate of drug-likeness (QED) is 0.905. The molecule has 1 amide bonds. The second-order valence-electron chi connectivity index (χ2n) is 4.32. The molecule has 1 aliphatic heterocycles. The normalized spacial score (nSPS) is 19.9. The lowest BCUT2D eigenvalue weighted by Crippen LogP contribution is -2.37. The fourth-order valence-corrected chi connectivity index (χ4v) is 4.27. The first-order valence-electron chi connectivity index (χ1n) is 5.70. The fourth-order valence-electron chi connectivity index (χ4n) is 2.18. The van der Waals surface area contributed by atoms with Crippen LogP contribution in [0.1, 0.15) is 16.1 Å². The van der Waals surface area contributed by atoms with Crippen LogP contribution in [0.15, 0.2) is 17.5 Å². The highest BCUT2D eigenvalue weighted by Gasteiger charge is 2.25. The maximum Gasteiger partial charge on any atom is 0.264 e. The molecule has 0 radical (unpaired) electrons. The van der Waals surface area contributed by atoms with Crippen molar-refractivity contribution >= 4 is 38.0 Å². The lowest BCUT2D eigenvalue weighted by Gasteiger charge is -2.22. The Kier molecular flexibility index (Phi) is 2.90. The van der Waals surface area contributed by atoms with Crippen molar-refractivity contribution in [1.29, 1.82) is 0 Å². The smallest absolute Gasteiger partial charge is 0.264 e. The zero-order valence-corrected chi connectivity index (χ0v) is 11.2. The van der Waals surface area contributed by atoms with Crippen LogP contribution >= 0.6 is 22.7 Å². The van der Waals surface area contributed by atoms with E-state index in [2.05, 4.69) is 16.8 Å². The summed E-state index contributed by atoms with van der Waals surface area (Å²) < 4.78 is 2.44. The molecule has 2 aromatic heterocycles. The summed E-state index contributed by atoms with van der Waals surface area (Å²) in [6.45, 7) is 1.93. The minimum atomic E-state index is 0.159. The Balaban J connectivity index is 1.83. The molecule has 0 bridgehead atoms. The van der Waals surface area contributed by atoms with E-state index in [9.17, 15) is 4.79 Å². The summed E-state index contributed by atoms with van der Waals surface area (Å²) in [6, 6.07) is 4.45. The van der Waals surface area contributed by atoms with Crippen molar-refractivity contribution in [3.63, 3.8) is 0 Å². The van der Waals surface area contributed by atoms with Crippen LogP contribution in [0, 0.1) is 0 Å². The van der Waals surface area contributed by atoms with Gasteiger partial charge in [0.1, 0.15) is 0 Å². The van der Waals surface area contributed by atoms with E-state index < -0.39 is 0 Å². The van der Waals surface area contributed by atoms with Crippen LogP contribution in [0.4, 0.5) is 0 Å². The number of fused-ring (bicyclic) bond motifs is 1. The Bertz CT molecular complexity index is 511. The molecule has 1 aliphatic rings. The van der Waals surface area contributed by atoms with E-state index in [0.717, 1.165) is 24.4 Å². The number of nitrogens with one attached hydrogen (secondary N) is 1. The highest BCUT2D eigenvalue weighted by Crippen LogP contribution is 2.30. The van der Waals surface area contributed by atoms with E-state index in [1.807, 2.05) is 18.0 Å². The topological polar surface area (TPSA) is 32.3 Å². The number of amides is 1. The third-order valence-corrected chi connectivity index (χ3v) is 5.33. The maximum atomic E-state index is 12.3. The van der Waals surface area contributed by atoms with Crippen LogP contribution in [-0.4, -0.2) is 37.0 Å². The van der Waals surface area contributed by atoms with Gasteiger partial charge in [0.05, 0.1) is 4.88 Å². The van der Waals surface area contributed by atoms with Gasteiger partial charge in [0.25, 0.3) is 5.91 Å². The Labute approximate surface area is 108 Å². The number of carbonyl (C=O) groups is 1. The van der Waals surface area contributed by atoms with Gasteiger partial charge in [-0.3, -0.25) is 4.79 Å². The minimum absolute atomic E-state index is 0.159. The molecule has 0 saturated carbocycles. The first-order chi connectivity index (χ1) is 8.25. The van der Waals surface area contributed by atoms with Crippen molar-refractivity contribution in [2.24, 2.45) is 0 Å². The third-order valence-electron chi connectivity index (χ3n) is 3.25. The monoisotopic (exact) mass is 266 g/mol. The van der Waals surface area contributed by atoms with Gasteiger partial charge in [-0.1, -0.05) is 0 Å². The van der Waals surface area contributed by atoms with Gasteiger partial charge in [0, 0.05) is 29.0 Å². The van der Waals surface area contributed by atoms with Crippen molar-refractivity contribution in [3.8, 4) is 0 Å². The Morgan fingerprint density at radius 2 is 2.41 bits per heavy atom. The first kappa shape index (κ1) is 11.2. The summed E-state index contributed by atoms with van der Waals surface area (Å²) in [4.78, 5) is 15.1. The summed E-state index contributed by atoms with van der Waals surface area (Å²) in [7, 11) is 1.91. The number of rotatable bonds is 2. The summed E-state index contributed by atoms with van der Waals surface area (Å²) >= 11 is 3.29. The van der Waals surface area contributed by atoms with E-state index in [-0.39, 0.29) is 5.91 Å². The second kappa shape index (κ2) is 4.40. The van der Waals surface area contributed by atoms with Crippen LogP contribution in [0.3, 0.4) is 0 Å². The van der Waals surface area contributed by atoms with Gasteiger partial charge < -0.3 is 10.2 Å². The molecule has 1 unspecified atom stereocenters. The molecule has 1 atom stereocenters.